The number of para-hydroxylation sites is 1. The van der Waals surface area contributed by atoms with Crippen LogP contribution in [0.4, 0.5) is 0 Å². The van der Waals surface area contributed by atoms with Gasteiger partial charge in [0.2, 0.25) is 5.91 Å². The largest absolute Gasteiger partial charge is 0.354 e. The maximum Gasteiger partial charge on any atom is 0.261 e. The summed E-state index contributed by atoms with van der Waals surface area (Å²) in [7, 11) is 0. The molecule has 1 saturated carbocycles. The number of allylic oxidation sites excluding steroid dienone is 2. The fourth-order valence-corrected chi connectivity index (χ4v) is 3.80. The van der Waals surface area contributed by atoms with E-state index in [9.17, 15) is 9.59 Å². The van der Waals surface area contributed by atoms with Gasteiger partial charge in [0, 0.05) is 6.54 Å². The van der Waals surface area contributed by atoms with Crippen LogP contribution < -0.4 is 10.9 Å². The molecule has 1 fully saturated rings. The Kier molecular flexibility index (Phi) is 3.48. The van der Waals surface area contributed by atoms with Gasteiger partial charge in [-0.05, 0) is 42.7 Å². The number of nitrogens with one attached hydrogen (secondary N) is 1. The summed E-state index contributed by atoms with van der Waals surface area (Å²) in [6, 6.07) is 7.18. The SMILES string of the molecule is O=C(Cn1cnc2ccccc2c1=O)NC[C@@H]1C[C@@H]2C=C[C@H]1C2. The highest BCUT2D eigenvalue weighted by Gasteiger charge is 2.35. The molecule has 4 rings (SSSR count). The number of nitrogens with zero attached hydrogens (tertiary/aromatic N) is 2. The standard InChI is InChI=1S/C18H19N3O2/c22-17(19-9-14-8-12-5-6-13(14)7-12)10-21-11-20-16-4-2-1-3-15(16)18(21)23/h1-6,11-14H,7-10H2,(H,19,22)/t12-,13+,14+/m1/s1. The third-order valence-corrected chi connectivity index (χ3v) is 5.02. The first-order chi connectivity index (χ1) is 11.2. The number of fused-ring (bicyclic) bond motifs is 3. The first kappa shape index (κ1) is 14.2. The fraction of sp³-hybridized carbons (Fsp3) is 0.389. The highest BCUT2D eigenvalue weighted by atomic mass is 16.2. The Labute approximate surface area is 134 Å². The third kappa shape index (κ3) is 2.67. The number of amides is 1. The molecule has 1 heterocycles. The molecule has 118 valence electrons. The van der Waals surface area contributed by atoms with Crippen molar-refractivity contribution >= 4 is 16.8 Å². The summed E-state index contributed by atoms with van der Waals surface area (Å²) in [5.74, 6) is 1.73. The maximum absolute atomic E-state index is 12.4. The molecular formula is C18H19N3O2. The molecule has 2 aromatic rings. The van der Waals surface area contributed by atoms with Crippen LogP contribution in [0.5, 0.6) is 0 Å². The van der Waals surface area contributed by atoms with Crippen LogP contribution in [0.1, 0.15) is 12.8 Å². The molecule has 0 unspecified atom stereocenters. The molecule has 0 saturated heterocycles. The van der Waals surface area contributed by atoms with E-state index in [1.807, 2.05) is 6.07 Å². The topological polar surface area (TPSA) is 64.0 Å². The van der Waals surface area contributed by atoms with Crippen LogP contribution in [0.25, 0.3) is 10.9 Å². The van der Waals surface area contributed by atoms with Crippen LogP contribution in [0, 0.1) is 17.8 Å². The van der Waals surface area contributed by atoms with Gasteiger partial charge >= 0.3 is 0 Å². The molecule has 5 heteroatoms. The van der Waals surface area contributed by atoms with E-state index >= 15 is 0 Å². The summed E-state index contributed by atoms with van der Waals surface area (Å²) >= 11 is 0. The fourth-order valence-electron chi connectivity index (χ4n) is 3.80. The van der Waals surface area contributed by atoms with Crippen molar-refractivity contribution in [3.8, 4) is 0 Å². The molecule has 0 aliphatic heterocycles. The molecule has 0 spiro atoms. The van der Waals surface area contributed by atoms with E-state index in [1.165, 1.54) is 23.7 Å². The van der Waals surface area contributed by atoms with Gasteiger partial charge in [-0.2, -0.15) is 0 Å². The molecule has 2 aliphatic rings. The molecule has 1 aromatic heterocycles. The molecule has 2 bridgehead atoms. The Morgan fingerprint density at radius 2 is 2.13 bits per heavy atom. The van der Waals surface area contributed by atoms with E-state index < -0.39 is 0 Å². The van der Waals surface area contributed by atoms with E-state index in [0.29, 0.717) is 35.2 Å². The summed E-state index contributed by atoms with van der Waals surface area (Å²) in [6.45, 7) is 0.716. The number of aromatic nitrogens is 2. The normalized spacial score (nSPS) is 25.1. The highest BCUT2D eigenvalue weighted by molar-refractivity contribution is 5.78. The van der Waals surface area contributed by atoms with Crippen molar-refractivity contribution in [2.75, 3.05) is 6.54 Å². The first-order valence-corrected chi connectivity index (χ1v) is 8.10. The molecule has 5 nitrogen and oxygen atoms in total. The Hall–Kier alpha value is -2.43. The Bertz CT molecular complexity index is 840. The van der Waals surface area contributed by atoms with Crippen LogP contribution >= 0.6 is 0 Å². The Balaban J connectivity index is 1.42. The van der Waals surface area contributed by atoms with Gasteiger partial charge in [-0.15, -0.1) is 0 Å². The predicted octanol–water partition coefficient (Wildman–Crippen LogP) is 1.72. The lowest BCUT2D eigenvalue weighted by Crippen LogP contribution is -2.36. The van der Waals surface area contributed by atoms with Crippen molar-refractivity contribution in [1.29, 1.82) is 0 Å². The highest BCUT2D eigenvalue weighted by Crippen LogP contribution is 2.42. The van der Waals surface area contributed by atoms with Gasteiger partial charge in [0.25, 0.3) is 5.56 Å². The average Bonchev–Trinajstić information content (AvgIpc) is 3.19. The summed E-state index contributed by atoms with van der Waals surface area (Å²) in [4.78, 5) is 28.7. The minimum Gasteiger partial charge on any atom is -0.354 e. The smallest absolute Gasteiger partial charge is 0.261 e. The number of hydrogen-bond acceptors (Lipinski definition) is 3. The second-order valence-corrected chi connectivity index (χ2v) is 6.54. The molecule has 3 atom stereocenters. The molecule has 1 N–H and O–H groups in total. The molecule has 2 aliphatic carbocycles. The van der Waals surface area contributed by atoms with Gasteiger partial charge in [-0.25, -0.2) is 4.98 Å². The second-order valence-electron chi connectivity index (χ2n) is 6.54. The van der Waals surface area contributed by atoms with E-state index in [0.717, 1.165) is 0 Å². The van der Waals surface area contributed by atoms with E-state index in [2.05, 4.69) is 22.5 Å². The average molecular weight is 309 g/mol. The molecule has 0 radical (unpaired) electrons. The molecule has 1 amide bonds. The lowest BCUT2D eigenvalue weighted by Gasteiger charge is -2.18. The zero-order valence-electron chi connectivity index (χ0n) is 12.8. The lowest BCUT2D eigenvalue weighted by molar-refractivity contribution is -0.121. The number of carbonyl (C=O) groups excluding carboxylic acids is 1. The monoisotopic (exact) mass is 309 g/mol. The summed E-state index contributed by atoms with van der Waals surface area (Å²) < 4.78 is 1.37. The predicted molar refractivity (Wildman–Crippen MR) is 87.9 cm³/mol. The zero-order valence-corrected chi connectivity index (χ0v) is 12.8. The van der Waals surface area contributed by atoms with Gasteiger partial charge in [-0.1, -0.05) is 24.3 Å². The quantitative estimate of drug-likeness (QED) is 0.875. The minimum absolute atomic E-state index is 0.0212. The number of rotatable bonds is 4. The van der Waals surface area contributed by atoms with Crippen molar-refractivity contribution in [1.82, 2.24) is 14.9 Å². The van der Waals surface area contributed by atoms with Crippen molar-refractivity contribution in [2.24, 2.45) is 17.8 Å². The maximum atomic E-state index is 12.4. The van der Waals surface area contributed by atoms with Crippen molar-refractivity contribution in [3.63, 3.8) is 0 Å². The Morgan fingerprint density at radius 1 is 1.26 bits per heavy atom. The lowest BCUT2D eigenvalue weighted by atomic mass is 9.94. The third-order valence-electron chi connectivity index (χ3n) is 5.02. The van der Waals surface area contributed by atoms with Gasteiger partial charge in [-0.3, -0.25) is 14.2 Å². The molecular weight excluding hydrogens is 290 g/mol. The second kappa shape index (κ2) is 5.65. The zero-order chi connectivity index (χ0) is 15.8. The van der Waals surface area contributed by atoms with E-state index in [1.54, 1.807) is 18.2 Å². The van der Waals surface area contributed by atoms with Crippen LogP contribution in [-0.2, 0) is 11.3 Å². The number of benzene rings is 1. The molecule has 1 aromatic carbocycles. The minimum atomic E-state index is -0.173. The summed E-state index contributed by atoms with van der Waals surface area (Å²) in [5, 5.41) is 3.52. The van der Waals surface area contributed by atoms with Crippen LogP contribution in [0.15, 0.2) is 47.5 Å². The first-order valence-electron chi connectivity index (χ1n) is 8.10. The summed E-state index contributed by atoms with van der Waals surface area (Å²) in [5.41, 5.74) is 0.483. The van der Waals surface area contributed by atoms with Crippen molar-refractivity contribution < 1.29 is 4.79 Å². The molecule has 23 heavy (non-hydrogen) atoms. The van der Waals surface area contributed by atoms with Crippen molar-refractivity contribution in [2.45, 2.75) is 19.4 Å². The Morgan fingerprint density at radius 3 is 2.91 bits per heavy atom. The van der Waals surface area contributed by atoms with Gasteiger partial charge < -0.3 is 5.32 Å². The summed E-state index contributed by atoms with van der Waals surface area (Å²) in [6.07, 6.45) is 8.42. The van der Waals surface area contributed by atoms with Gasteiger partial charge in [0.1, 0.15) is 6.54 Å². The number of carbonyl (C=O) groups is 1. The number of hydrogen-bond donors (Lipinski definition) is 1. The van der Waals surface area contributed by atoms with Gasteiger partial charge in [0.05, 0.1) is 17.2 Å². The van der Waals surface area contributed by atoms with Crippen LogP contribution in [0.2, 0.25) is 0 Å². The van der Waals surface area contributed by atoms with Gasteiger partial charge in [0.15, 0.2) is 0 Å². The van der Waals surface area contributed by atoms with Crippen LogP contribution in [-0.4, -0.2) is 22.0 Å². The van der Waals surface area contributed by atoms with Crippen molar-refractivity contribution in [3.05, 3.63) is 53.1 Å². The van der Waals surface area contributed by atoms with E-state index in [-0.39, 0.29) is 18.0 Å². The van der Waals surface area contributed by atoms with E-state index in [4.69, 9.17) is 0 Å². The van der Waals surface area contributed by atoms with Crippen LogP contribution in [0.3, 0.4) is 0 Å².